The molecule has 0 N–H and O–H groups in total. The Morgan fingerprint density at radius 2 is 1.85 bits per heavy atom. The van der Waals surface area contributed by atoms with Gasteiger partial charge in [0.05, 0.1) is 16.2 Å². The Bertz CT molecular complexity index is 911. The van der Waals surface area contributed by atoms with Gasteiger partial charge in [-0.25, -0.2) is 0 Å². The lowest BCUT2D eigenvalue weighted by Crippen LogP contribution is -2.45. The van der Waals surface area contributed by atoms with Crippen LogP contribution in [0.3, 0.4) is 0 Å². The Morgan fingerprint density at radius 1 is 1.12 bits per heavy atom. The minimum Gasteiger partial charge on any atom is -0.363 e. The van der Waals surface area contributed by atoms with Crippen molar-refractivity contribution in [1.82, 2.24) is 0 Å². The first-order chi connectivity index (χ1) is 12.2. The summed E-state index contributed by atoms with van der Waals surface area (Å²) in [5.41, 5.74) is 6.88. The predicted octanol–water partition coefficient (Wildman–Crippen LogP) is 7.07. The standard InChI is InChI=1S/C22H24Cl2N2/c1-6-26-21-9-14(2)16(10-18(21)15(3)12-22(26,4)5)13-25-20-8-7-17(23)11-19(20)24/h7-13H,6H2,1-5H3. The smallest absolute Gasteiger partial charge is 0.0817 e. The molecule has 0 amide bonds. The van der Waals surface area contributed by atoms with Crippen molar-refractivity contribution in [3.63, 3.8) is 0 Å². The van der Waals surface area contributed by atoms with E-state index in [1.807, 2.05) is 12.3 Å². The molecule has 1 aliphatic heterocycles. The topological polar surface area (TPSA) is 15.6 Å². The SMILES string of the molecule is CCN1c2cc(C)c(C=Nc3ccc(Cl)cc3Cl)cc2C(C)=CC1(C)C. The normalized spacial score (nSPS) is 16.0. The maximum Gasteiger partial charge on any atom is 0.0817 e. The van der Waals surface area contributed by atoms with Crippen LogP contribution >= 0.6 is 23.2 Å². The van der Waals surface area contributed by atoms with Crippen molar-refractivity contribution < 1.29 is 0 Å². The third-order valence-corrected chi connectivity index (χ3v) is 5.47. The average Bonchev–Trinajstić information content (AvgIpc) is 2.54. The first kappa shape index (κ1) is 19.0. The van der Waals surface area contributed by atoms with Crippen molar-refractivity contribution in [2.45, 2.75) is 40.2 Å². The summed E-state index contributed by atoms with van der Waals surface area (Å²) in [5, 5.41) is 1.17. The van der Waals surface area contributed by atoms with Crippen LogP contribution in [-0.4, -0.2) is 18.3 Å². The van der Waals surface area contributed by atoms with Crippen molar-refractivity contribution in [2.75, 3.05) is 11.4 Å². The maximum absolute atomic E-state index is 6.23. The van der Waals surface area contributed by atoms with Gasteiger partial charge in [0.25, 0.3) is 0 Å². The Kier molecular flexibility index (Phi) is 5.18. The molecule has 2 aromatic rings. The van der Waals surface area contributed by atoms with E-state index in [1.54, 1.807) is 12.1 Å². The molecule has 3 rings (SSSR count). The van der Waals surface area contributed by atoms with Crippen LogP contribution in [0.25, 0.3) is 5.57 Å². The van der Waals surface area contributed by atoms with Gasteiger partial charge < -0.3 is 4.90 Å². The molecular formula is C22H24Cl2N2. The number of fused-ring (bicyclic) bond motifs is 1. The number of aliphatic imine (C=N–C) groups is 1. The van der Waals surface area contributed by atoms with Crippen molar-refractivity contribution in [1.29, 1.82) is 0 Å². The minimum absolute atomic E-state index is 0.0186. The number of likely N-dealkylation sites (N-methyl/N-ethyl adjacent to an activating group) is 1. The Hall–Kier alpha value is -1.77. The Labute approximate surface area is 166 Å². The highest BCUT2D eigenvalue weighted by atomic mass is 35.5. The molecule has 26 heavy (non-hydrogen) atoms. The highest BCUT2D eigenvalue weighted by molar-refractivity contribution is 6.36. The maximum atomic E-state index is 6.23. The second kappa shape index (κ2) is 7.09. The van der Waals surface area contributed by atoms with E-state index in [4.69, 9.17) is 23.2 Å². The quantitative estimate of drug-likeness (QED) is 0.514. The lowest BCUT2D eigenvalue weighted by Gasteiger charge is -2.43. The molecule has 0 aromatic heterocycles. The van der Waals surface area contributed by atoms with E-state index in [9.17, 15) is 0 Å². The van der Waals surface area contributed by atoms with Crippen LogP contribution in [-0.2, 0) is 0 Å². The van der Waals surface area contributed by atoms with Crippen LogP contribution in [0.4, 0.5) is 11.4 Å². The van der Waals surface area contributed by atoms with Gasteiger partial charge >= 0.3 is 0 Å². The second-order valence-electron chi connectivity index (χ2n) is 7.31. The summed E-state index contributed by atoms with van der Waals surface area (Å²) in [6, 6.07) is 9.84. The summed E-state index contributed by atoms with van der Waals surface area (Å²) in [4.78, 5) is 7.01. The van der Waals surface area contributed by atoms with Crippen molar-refractivity contribution in [3.8, 4) is 0 Å². The van der Waals surface area contributed by atoms with E-state index >= 15 is 0 Å². The van der Waals surface area contributed by atoms with Crippen LogP contribution < -0.4 is 4.90 Å². The number of aryl methyl sites for hydroxylation is 1. The van der Waals surface area contributed by atoms with E-state index in [2.05, 4.69) is 62.7 Å². The zero-order valence-corrected chi connectivity index (χ0v) is 17.4. The monoisotopic (exact) mass is 386 g/mol. The van der Waals surface area contributed by atoms with E-state index in [0.29, 0.717) is 10.0 Å². The molecule has 4 heteroatoms. The molecule has 0 atom stereocenters. The van der Waals surface area contributed by atoms with E-state index in [0.717, 1.165) is 17.8 Å². The zero-order valence-electron chi connectivity index (χ0n) is 15.9. The highest BCUT2D eigenvalue weighted by Gasteiger charge is 2.30. The van der Waals surface area contributed by atoms with Crippen LogP contribution in [0, 0.1) is 6.92 Å². The zero-order chi connectivity index (χ0) is 19.1. The van der Waals surface area contributed by atoms with E-state index in [-0.39, 0.29) is 5.54 Å². The summed E-state index contributed by atoms with van der Waals surface area (Å²) in [6.07, 6.45) is 4.22. The molecule has 2 nitrogen and oxygen atoms in total. The fourth-order valence-electron chi connectivity index (χ4n) is 3.69. The summed E-state index contributed by atoms with van der Waals surface area (Å²) >= 11 is 12.2. The number of benzene rings is 2. The lowest BCUT2D eigenvalue weighted by atomic mass is 9.87. The lowest BCUT2D eigenvalue weighted by molar-refractivity contribution is 0.566. The number of nitrogens with zero attached hydrogens (tertiary/aromatic N) is 2. The van der Waals surface area contributed by atoms with Crippen molar-refractivity contribution >= 4 is 46.4 Å². The molecule has 0 unspecified atom stereocenters. The van der Waals surface area contributed by atoms with Gasteiger partial charge in [-0.3, -0.25) is 4.99 Å². The van der Waals surface area contributed by atoms with Crippen LogP contribution in [0.1, 0.15) is 44.4 Å². The first-order valence-corrected chi connectivity index (χ1v) is 9.60. The second-order valence-corrected chi connectivity index (χ2v) is 8.15. The Morgan fingerprint density at radius 3 is 2.50 bits per heavy atom. The average molecular weight is 387 g/mol. The van der Waals surface area contributed by atoms with Gasteiger partial charge in [-0.15, -0.1) is 0 Å². The van der Waals surface area contributed by atoms with Crippen LogP contribution in [0.2, 0.25) is 10.0 Å². The molecule has 0 aliphatic carbocycles. The molecular weight excluding hydrogens is 363 g/mol. The van der Waals surface area contributed by atoms with E-state index < -0.39 is 0 Å². The van der Waals surface area contributed by atoms with Crippen molar-refractivity contribution in [2.24, 2.45) is 4.99 Å². The number of hydrogen-bond acceptors (Lipinski definition) is 2. The van der Waals surface area contributed by atoms with Crippen LogP contribution in [0.5, 0.6) is 0 Å². The molecule has 0 radical (unpaired) electrons. The third-order valence-electron chi connectivity index (χ3n) is 4.93. The van der Waals surface area contributed by atoms with E-state index in [1.165, 1.54) is 22.4 Å². The summed E-state index contributed by atoms with van der Waals surface area (Å²) in [6.45, 7) is 12.0. The molecule has 0 saturated carbocycles. The third kappa shape index (κ3) is 3.54. The molecule has 0 fully saturated rings. The van der Waals surface area contributed by atoms with Gasteiger partial charge in [0.1, 0.15) is 0 Å². The van der Waals surface area contributed by atoms with Gasteiger partial charge in [-0.2, -0.15) is 0 Å². The van der Waals surface area contributed by atoms with Gasteiger partial charge in [0.15, 0.2) is 0 Å². The summed E-state index contributed by atoms with van der Waals surface area (Å²) in [5.74, 6) is 0. The molecule has 0 spiro atoms. The number of rotatable bonds is 3. The molecule has 2 aromatic carbocycles. The van der Waals surface area contributed by atoms with Crippen LogP contribution in [0.15, 0.2) is 41.4 Å². The Balaban J connectivity index is 2.04. The minimum atomic E-state index is 0.0186. The number of allylic oxidation sites excluding steroid dienone is 1. The predicted molar refractivity (Wildman–Crippen MR) is 116 cm³/mol. The highest BCUT2D eigenvalue weighted by Crippen LogP contribution is 2.40. The van der Waals surface area contributed by atoms with Gasteiger partial charge in [0, 0.05) is 29.0 Å². The van der Waals surface area contributed by atoms with Gasteiger partial charge in [-0.1, -0.05) is 29.3 Å². The molecule has 0 saturated heterocycles. The van der Waals surface area contributed by atoms with Gasteiger partial charge in [0.2, 0.25) is 0 Å². The summed E-state index contributed by atoms with van der Waals surface area (Å²) < 4.78 is 0. The fourth-order valence-corrected chi connectivity index (χ4v) is 4.14. The number of halogens is 2. The number of hydrogen-bond donors (Lipinski definition) is 0. The number of anilines is 1. The largest absolute Gasteiger partial charge is 0.363 e. The van der Waals surface area contributed by atoms with Gasteiger partial charge in [-0.05, 0) is 81.7 Å². The molecule has 0 bridgehead atoms. The molecule has 1 aliphatic rings. The first-order valence-electron chi connectivity index (χ1n) is 8.84. The fraction of sp³-hybridized carbons (Fsp3) is 0.318. The molecule has 1 heterocycles. The van der Waals surface area contributed by atoms with Crippen molar-refractivity contribution in [3.05, 3.63) is 63.1 Å². The molecule has 136 valence electrons. The summed E-state index contributed by atoms with van der Waals surface area (Å²) in [7, 11) is 0.